The van der Waals surface area contributed by atoms with E-state index in [2.05, 4.69) is 0 Å². The highest BCUT2D eigenvalue weighted by Crippen LogP contribution is 2.29. The van der Waals surface area contributed by atoms with Crippen molar-refractivity contribution < 1.29 is 9.18 Å². The number of aryl methyl sites for hydroxylation is 1. The summed E-state index contributed by atoms with van der Waals surface area (Å²) in [5, 5.41) is 6.44. The molecule has 3 aromatic rings. The van der Waals surface area contributed by atoms with Crippen molar-refractivity contribution in [3.8, 4) is 11.4 Å². The first kappa shape index (κ1) is 20.2. The Morgan fingerprint density at radius 3 is 2.74 bits per heavy atom. The van der Waals surface area contributed by atoms with Crippen LogP contribution in [0.2, 0.25) is 0 Å². The van der Waals surface area contributed by atoms with Crippen LogP contribution in [0.1, 0.15) is 37.7 Å². The standard InChI is InChI=1S/C24H25FN4OS/c1-28-22-11-10-17(13-20(22)26-23(28)18-8-5-9-19(25)12-18)21-15-31-24(30)29(27-21)14-16-6-3-2-4-7-16/h5,8-13,16H,2-4,6-7,14-15H2,1H3. The zero-order valence-corrected chi connectivity index (χ0v) is 18.4. The number of carbonyl (C=O) groups excluding carboxylic acids is 1. The lowest BCUT2D eigenvalue weighted by Gasteiger charge is -2.29. The molecule has 1 saturated carbocycles. The summed E-state index contributed by atoms with van der Waals surface area (Å²) in [5.74, 6) is 1.56. The molecule has 7 heteroatoms. The number of hydrazone groups is 1. The van der Waals surface area contributed by atoms with Gasteiger partial charge in [-0.1, -0.05) is 49.2 Å². The highest BCUT2D eigenvalue weighted by atomic mass is 32.2. The number of benzene rings is 2. The Labute approximate surface area is 185 Å². The highest BCUT2D eigenvalue weighted by molar-refractivity contribution is 8.14. The summed E-state index contributed by atoms with van der Waals surface area (Å²) < 4.78 is 15.7. The molecule has 0 N–H and O–H groups in total. The number of rotatable bonds is 4. The van der Waals surface area contributed by atoms with E-state index in [1.165, 1.54) is 56.0 Å². The Balaban J connectivity index is 1.45. The van der Waals surface area contributed by atoms with Gasteiger partial charge in [-0.15, -0.1) is 0 Å². The fourth-order valence-corrected chi connectivity index (χ4v) is 5.30. The minimum absolute atomic E-state index is 0.0432. The molecule has 2 aromatic carbocycles. The lowest BCUT2D eigenvalue weighted by Crippen LogP contribution is -2.34. The Hall–Kier alpha value is -2.67. The van der Waals surface area contributed by atoms with E-state index in [-0.39, 0.29) is 11.1 Å². The first-order chi connectivity index (χ1) is 15.1. The minimum Gasteiger partial charge on any atom is -0.327 e. The number of carbonyl (C=O) groups is 1. The Kier molecular flexibility index (Phi) is 5.52. The van der Waals surface area contributed by atoms with Gasteiger partial charge in [0.1, 0.15) is 11.6 Å². The summed E-state index contributed by atoms with van der Waals surface area (Å²) in [7, 11) is 1.94. The van der Waals surface area contributed by atoms with E-state index in [0.29, 0.717) is 18.2 Å². The van der Waals surface area contributed by atoms with Crippen molar-refractivity contribution in [3.05, 3.63) is 53.8 Å². The molecule has 160 valence electrons. The van der Waals surface area contributed by atoms with Crippen molar-refractivity contribution in [2.75, 3.05) is 12.3 Å². The number of hydrogen-bond acceptors (Lipinski definition) is 4. The molecule has 5 nitrogen and oxygen atoms in total. The minimum atomic E-state index is -0.276. The van der Waals surface area contributed by atoms with Crippen LogP contribution in [0.25, 0.3) is 22.4 Å². The zero-order chi connectivity index (χ0) is 21.4. The number of nitrogens with zero attached hydrogens (tertiary/aromatic N) is 4. The molecule has 2 aliphatic rings. The Morgan fingerprint density at radius 2 is 1.94 bits per heavy atom. The van der Waals surface area contributed by atoms with E-state index < -0.39 is 0 Å². The van der Waals surface area contributed by atoms with Gasteiger partial charge >= 0.3 is 5.24 Å². The highest BCUT2D eigenvalue weighted by Gasteiger charge is 2.26. The fourth-order valence-electron chi connectivity index (χ4n) is 4.56. The van der Waals surface area contributed by atoms with Gasteiger partial charge in [0.15, 0.2) is 0 Å². The van der Waals surface area contributed by atoms with Crippen molar-refractivity contribution in [3.63, 3.8) is 0 Å². The maximum atomic E-state index is 13.7. The topological polar surface area (TPSA) is 50.5 Å². The molecular formula is C24H25FN4OS. The molecule has 0 unspecified atom stereocenters. The van der Waals surface area contributed by atoms with Gasteiger partial charge < -0.3 is 4.57 Å². The van der Waals surface area contributed by atoms with Gasteiger partial charge in [-0.3, -0.25) is 4.79 Å². The Morgan fingerprint density at radius 1 is 1.10 bits per heavy atom. The van der Waals surface area contributed by atoms with Gasteiger partial charge in [-0.25, -0.2) is 14.4 Å². The van der Waals surface area contributed by atoms with Crippen LogP contribution in [0.5, 0.6) is 0 Å². The van der Waals surface area contributed by atoms with Crippen LogP contribution in [-0.4, -0.2) is 37.8 Å². The molecule has 1 aliphatic carbocycles. The van der Waals surface area contributed by atoms with Crippen molar-refractivity contribution in [2.45, 2.75) is 32.1 Å². The van der Waals surface area contributed by atoms with Crippen LogP contribution in [0.3, 0.4) is 0 Å². The molecule has 1 aliphatic heterocycles. The number of hydrogen-bond donors (Lipinski definition) is 0. The molecule has 2 heterocycles. The largest absolute Gasteiger partial charge is 0.327 e. The number of thioether (sulfide) groups is 1. The third-order valence-electron chi connectivity index (χ3n) is 6.24. The lowest BCUT2D eigenvalue weighted by molar-refractivity contribution is 0.203. The van der Waals surface area contributed by atoms with Crippen molar-refractivity contribution in [1.82, 2.24) is 14.6 Å². The Bertz CT molecular complexity index is 1170. The van der Waals surface area contributed by atoms with Crippen molar-refractivity contribution in [2.24, 2.45) is 18.1 Å². The smallest absolute Gasteiger partial charge is 0.302 e. The van der Waals surface area contributed by atoms with Gasteiger partial charge in [0, 0.05) is 30.5 Å². The molecule has 0 atom stereocenters. The predicted octanol–water partition coefficient (Wildman–Crippen LogP) is 5.83. The zero-order valence-electron chi connectivity index (χ0n) is 17.6. The molecule has 0 spiro atoms. The fraction of sp³-hybridized carbons (Fsp3) is 0.375. The molecule has 1 fully saturated rings. The number of imidazole rings is 1. The summed E-state index contributed by atoms with van der Waals surface area (Å²) in [6, 6.07) is 12.6. The summed E-state index contributed by atoms with van der Waals surface area (Å²) in [6.07, 6.45) is 6.17. The van der Waals surface area contributed by atoms with Crippen LogP contribution in [0.15, 0.2) is 47.6 Å². The van der Waals surface area contributed by atoms with Gasteiger partial charge in [0.25, 0.3) is 0 Å². The van der Waals surface area contributed by atoms with Gasteiger partial charge in [-0.05, 0) is 43.0 Å². The maximum absolute atomic E-state index is 13.7. The predicted molar refractivity (Wildman–Crippen MR) is 124 cm³/mol. The molecule has 0 bridgehead atoms. The number of aromatic nitrogens is 2. The summed E-state index contributed by atoms with van der Waals surface area (Å²) >= 11 is 1.32. The van der Waals surface area contributed by atoms with Crippen LogP contribution >= 0.6 is 11.8 Å². The van der Waals surface area contributed by atoms with E-state index in [1.54, 1.807) is 11.1 Å². The third-order valence-corrected chi connectivity index (χ3v) is 7.11. The number of fused-ring (bicyclic) bond motifs is 1. The normalized spacial score (nSPS) is 17.9. The van der Waals surface area contributed by atoms with E-state index >= 15 is 0 Å². The van der Waals surface area contributed by atoms with Crippen LogP contribution < -0.4 is 0 Å². The average Bonchev–Trinajstić information content (AvgIpc) is 3.12. The van der Waals surface area contributed by atoms with Crippen LogP contribution in [0, 0.1) is 11.7 Å². The van der Waals surface area contributed by atoms with E-state index in [9.17, 15) is 9.18 Å². The van der Waals surface area contributed by atoms with Crippen molar-refractivity contribution >= 4 is 33.7 Å². The molecule has 0 radical (unpaired) electrons. The maximum Gasteiger partial charge on any atom is 0.302 e. The molecule has 5 rings (SSSR count). The van der Waals surface area contributed by atoms with E-state index in [1.807, 2.05) is 35.9 Å². The average molecular weight is 437 g/mol. The second kappa shape index (κ2) is 8.46. The van der Waals surface area contributed by atoms with Gasteiger partial charge in [0.2, 0.25) is 0 Å². The monoisotopic (exact) mass is 436 g/mol. The first-order valence-corrected chi connectivity index (χ1v) is 11.8. The van der Waals surface area contributed by atoms with E-state index in [4.69, 9.17) is 10.1 Å². The summed E-state index contributed by atoms with van der Waals surface area (Å²) in [6.45, 7) is 0.713. The SMILES string of the molecule is Cn1c(-c2cccc(F)c2)nc2cc(C3=NN(CC4CCCCC4)C(=O)SC3)ccc21. The summed E-state index contributed by atoms with van der Waals surface area (Å²) in [4.78, 5) is 17.2. The van der Waals surface area contributed by atoms with E-state index in [0.717, 1.165) is 33.7 Å². The molecule has 1 aromatic heterocycles. The van der Waals surface area contributed by atoms with Crippen LogP contribution in [0.4, 0.5) is 9.18 Å². The van der Waals surface area contributed by atoms with Crippen molar-refractivity contribution in [1.29, 1.82) is 0 Å². The first-order valence-electron chi connectivity index (χ1n) is 10.8. The third kappa shape index (κ3) is 4.11. The number of amides is 1. The molecule has 1 amide bonds. The molecule has 0 saturated heterocycles. The lowest BCUT2D eigenvalue weighted by atomic mass is 9.89. The summed E-state index contributed by atoms with van der Waals surface area (Å²) in [5.41, 5.74) is 4.44. The quantitative estimate of drug-likeness (QED) is 0.517. The van der Waals surface area contributed by atoms with Gasteiger partial charge in [-0.2, -0.15) is 5.10 Å². The van der Waals surface area contributed by atoms with Gasteiger partial charge in [0.05, 0.1) is 16.7 Å². The molecule has 31 heavy (non-hydrogen) atoms. The second-order valence-electron chi connectivity index (χ2n) is 8.40. The second-order valence-corrected chi connectivity index (χ2v) is 9.32. The number of halogens is 1. The molecular weight excluding hydrogens is 411 g/mol. The van der Waals surface area contributed by atoms with Crippen LogP contribution in [-0.2, 0) is 7.05 Å².